The second-order valence-electron chi connectivity index (χ2n) is 20.3. The fourth-order valence-electron chi connectivity index (χ4n) is 9.77. The maximum atomic E-state index is 13.8. The molecule has 74 heavy (non-hydrogen) atoms. The minimum atomic E-state index is -2.44. The molecule has 24 heteroatoms. The highest BCUT2D eigenvalue weighted by Gasteiger charge is 2.52. The number of aliphatic hydroxyl groups is 7. The molecular formula is C50H81NO23-2. The molecule has 4 rings (SSSR count). The van der Waals surface area contributed by atoms with Crippen molar-refractivity contribution in [3.05, 3.63) is 23.8 Å². The van der Waals surface area contributed by atoms with Gasteiger partial charge in [-0.3, -0.25) is 9.59 Å². The van der Waals surface area contributed by atoms with Crippen molar-refractivity contribution in [2.75, 3.05) is 34.9 Å². The molecule has 3 fully saturated rings. The van der Waals surface area contributed by atoms with Gasteiger partial charge < -0.3 is 108 Å². The molecule has 0 spiro atoms. The molecule has 3 saturated heterocycles. The van der Waals surface area contributed by atoms with Gasteiger partial charge in [0.25, 0.3) is 0 Å². The van der Waals surface area contributed by atoms with Crippen LogP contribution in [-0.4, -0.2) is 222 Å². The number of methoxy groups -OCH3 is 2. The number of aliphatic hydroxyl groups excluding tert-OH is 6. The summed E-state index contributed by atoms with van der Waals surface area (Å²) in [6.45, 7) is 13.6. The number of hydrogen-bond acceptors (Lipinski definition) is 24. The minimum absolute atomic E-state index is 0.00788. The topological polar surface area (TPSA) is 359 Å². The SMILES string of the molecule is CC[C@H]1OC(=O)C[C@@H](O)[C@H](C)[C@@H](O[C@@H]2O[C@H](C)[C@@H](O[C@H]3C[C@@](C)(O)[C@@H](O)[C@H](C)O3)[C@H](N(C)C)[C@H]2O)[C@@H](CC=O)C[C@@H](C)C(=O)/C=C/C(C)=C/[C@@H]1CO[C@@H]1O[C@H](C)[C@@H](O)[C@@H](OC)[C@H]1OC.O=C([O-])C(O)C(O)C(=O)[O-]. The van der Waals surface area contributed by atoms with Gasteiger partial charge in [0.1, 0.15) is 61.2 Å². The van der Waals surface area contributed by atoms with Gasteiger partial charge in [0, 0.05) is 44.8 Å². The van der Waals surface area contributed by atoms with Crippen molar-refractivity contribution in [2.45, 2.75) is 203 Å². The van der Waals surface area contributed by atoms with Crippen molar-refractivity contribution in [1.82, 2.24) is 4.90 Å². The van der Waals surface area contributed by atoms with E-state index in [-0.39, 0.29) is 31.7 Å². The van der Waals surface area contributed by atoms with Crippen LogP contribution >= 0.6 is 0 Å². The number of esters is 1. The van der Waals surface area contributed by atoms with Crippen LogP contribution in [0.1, 0.15) is 87.5 Å². The number of hydrogen-bond donors (Lipinski definition) is 7. The van der Waals surface area contributed by atoms with Crippen molar-refractivity contribution in [2.24, 2.45) is 23.7 Å². The van der Waals surface area contributed by atoms with E-state index in [1.807, 2.05) is 19.9 Å². The van der Waals surface area contributed by atoms with Crippen LogP contribution in [0.15, 0.2) is 23.8 Å². The van der Waals surface area contributed by atoms with Gasteiger partial charge in [0.15, 0.2) is 24.7 Å². The van der Waals surface area contributed by atoms with Crippen molar-refractivity contribution in [3.8, 4) is 0 Å². The Balaban J connectivity index is 0.00000130. The van der Waals surface area contributed by atoms with Gasteiger partial charge in [0.2, 0.25) is 0 Å². The molecule has 24 nitrogen and oxygen atoms in total. The summed E-state index contributed by atoms with van der Waals surface area (Å²) in [5, 5.41) is 91.5. The lowest BCUT2D eigenvalue weighted by Crippen LogP contribution is -2.65. The zero-order valence-electron chi connectivity index (χ0n) is 44.4. The highest BCUT2D eigenvalue weighted by Crippen LogP contribution is 2.37. The molecule has 0 bridgehead atoms. The molecule has 2 unspecified atom stereocenters. The quantitative estimate of drug-likeness (QED) is 0.0600. The number of carboxylic acid groups (broad SMARTS) is 2. The smallest absolute Gasteiger partial charge is 0.308 e. The second kappa shape index (κ2) is 29.4. The molecule has 0 radical (unpaired) electrons. The Morgan fingerprint density at radius 1 is 0.851 bits per heavy atom. The first-order chi connectivity index (χ1) is 34.5. The summed E-state index contributed by atoms with van der Waals surface area (Å²) >= 11 is 0. The summed E-state index contributed by atoms with van der Waals surface area (Å²) in [6, 6.07) is -0.748. The molecule has 7 N–H and O–H groups in total. The summed E-state index contributed by atoms with van der Waals surface area (Å²) in [6.07, 6.45) is -13.4. The molecule has 426 valence electrons. The average molecular weight is 1060 g/mol. The summed E-state index contributed by atoms with van der Waals surface area (Å²) in [5.74, 6) is -7.71. The van der Waals surface area contributed by atoms with Gasteiger partial charge in [0.05, 0.1) is 67.1 Å². The average Bonchev–Trinajstić information content (AvgIpc) is 3.33. The Labute approximate surface area is 432 Å². The highest BCUT2D eigenvalue weighted by molar-refractivity contribution is 5.91. The van der Waals surface area contributed by atoms with Crippen LogP contribution in [0.3, 0.4) is 0 Å². The molecule has 0 amide bonds. The number of nitrogens with zero attached hydrogens (tertiary/aromatic N) is 1. The van der Waals surface area contributed by atoms with E-state index in [0.29, 0.717) is 12.0 Å². The van der Waals surface area contributed by atoms with Crippen molar-refractivity contribution in [3.63, 3.8) is 0 Å². The van der Waals surface area contributed by atoms with Crippen LogP contribution in [0.2, 0.25) is 0 Å². The number of cyclic esters (lactones) is 1. The number of aldehydes is 1. The number of carbonyl (C=O) groups excluding carboxylic acids is 5. The second-order valence-corrected chi connectivity index (χ2v) is 20.3. The van der Waals surface area contributed by atoms with E-state index in [1.165, 1.54) is 27.2 Å². The van der Waals surface area contributed by atoms with E-state index in [0.717, 1.165) is 6.29 Å². The van der Waals surface area contributed by atoms with E-state index in [1.54, 1.807) is 59.7 Å². The van der Waals surface area contributed by atoms with Crippen LogP contribution in [0.5, 0.6) is 0 Å². The molecular weight excluding hydrogens is 983 g/mol. The van der Waals surface area contributed by atoms with E-state index >= 15 is 0 Å². The van der Waals surface area contributed by atoms with Gasteiger partial charge in [-0.15, -0.1) is 0 Å². The Morgan fingerprint density at radius 2 is 1.45 bits per heavy atom. The first-order valence-corrected chi connectivity index (χ1v) is 24.9. The van der Waals surface area contributed by atoms with E-state index in [4.69, 9.17) is 52.8 Å². The summed E-state index contributed by atoms with van der Waals surface area (Å²) < 4.78 is 54.7. The molecule has 0 aromatic carbocycles. The van der Waals surface area contributed by atoms with Crippen LogP contribution in [-0.2, 0) is 66.6 Å². The number of likely N-dealkylation sites (N-methyl/N-ethyl adjacent to an activating group) is 1. The molecule has 0 aromatic heterocycles. The first kappa shape index (κ1) is 64.9. The van der Waals surface area contributed by atoms with Crippen molar-refractivity contribution >= 4 is 30.0 Å². The first-order valence-electron chi connectivity index (χ1n) is 24.9. The molecule has 0 aromatic rings. The maximum Gasteiger partial charge on any atom is 0.308 e. The lowest BCUT2D eigenvalue weighted by Gasteiger charge is -2.50. The van der Waals surface area contributed by atoms with Crippen LogP contribution in [0, 0.1) is 23.7 Å². The monoisotopic (exact) mass is 1060 g/mol. The van der Waals surface area contributed by atoms with E-state index in [2.05, 4.69) is 0 Å². The predicted molar refractivity (Wildman–Crippen MR) is 252 cm³/mol. The maximum absolute atomic E-state index is 13.8. The molecule has 4 aliphatic heterocycles. The number of ether oxygens (including phenoxy) is 9. The number of allylic oxidation sites excluding steroid dienone is 3. The molecule has 4 aliphatic rings. The van der Waals surface area contributed by atoms with Crippen LogP contribution in [0.4, 0.5) is 0 Å². The summed E-state index contributed by atoms with van der Waals surface area (Å²) in [4.78, 5) is 60.8. The molecule has 0 saturated carbocycles. The van der Waals surface area contributed by atoms with Gasteiger partial charge in [-0.2, -0.15) is 0 Å². The van der Waals surface area contributed by atoms with Crippen molar-refractivity contribution < 1.29 is 113 Å². The fraction of sp³-hybridized carbons (Fsp3) is 0.820. The zero-order valence-corrected chi connectivity index (χ0v) is 44.4. The van der Waals surface area contributed by atoms with Gasteiger partial charge in [-0.1, -0.05) is 38.5 Å². The van der Waals surface area contributed by atoms with E-state index in [9.17, 15) is 59.7 Å². The molecule has 4 heterocycles. The number of ketones is 1. The van der Waals surface area contributed by atoms with Crippen LogP contribution < -0.4 is 10.2 Å². The Morgan fingerprint density at radius 3 is 1.97 bits per heavy atom. The normalized spacial score (nSPS) is 41.9. The summed E-state index contributed by atoms with van der Waals surface area (Å²) in [7, 11) is 6.43. The Bertz CT molecular complexity index is 1850. The van der Waals surface area contributed by atoms with Gasteiger partial charge in [-0.05, 0) is 73.5 Å². The van der Waals surface area contributed by atoms with Crippen LogP contribution in [0.25, 0.3) is 0 Å². The summed E-state index contributed by atoms with van der Waals surface area (Å²) in [5.41, 5.74) is -0.806. The Hall–Kier alpha value is -3.41. The lowest BCUT2D eigenvalue weighted by atomic mass is 9.79. The molecule has 23 atom stereocenters. The number of rotatable bonds is 16. The van der Waals surface area contributed by atoms with E-state index < -0.39 is 164 Å². The standard InChI is InChI=1S/C46H77NO17.C4H6O6/c1-13-33-30(22-58-45-42(57-12)41(56-11)37(52)26(5)60-45)18-23(2)14-15-31(49)24(3)19-29(16-17-48)39(25(4)32(50)20-34(51)62-33)64-44-38(53)36(47(9)10)40(27(6)61-44)63-35-21-46(8,55)43(54)28(7)59-35;5-1(3(7)8)2(6)4(9)10/h14-15,17-18,24-30,32-33,35-45,50,52-55H,13,16,19-22H2,1-12H3;1-2,5-6H,(H,7,8)(H,9,10)/p-2/b15-14+,23-18+;/t24-,25+,26-,27-,28+,29+,30-,32-,33-,35+,36-,37-,38-,39-,40-,41-,42-,43+,44+,45-,46-;/m1./s1. The third kappa shape index (κ3) is 17.3. The number of aliphatic carboxylic acids is 2. The third-order valence-corrected chi connectivity index (χ3v) is 14.2. The lowest BCUT2D eigenvalue weighted by molar-refractivity contribution is -0.341. The number of carbonyl (C=O) groups is 5. The largest absolute Gasteiger partial charge is 0.547 e. The number of carboxylic acids is 2. The predicted octanol–water partition coefficient (Wildman–Crippen LogP) is -2.96. The molecule has 0 aliphatic carbocycles. The fourth-order valence-corrected chi connectivity index (χ4v) is 9.77. The van der Waals surface area contributed by atoms with Crippen molar-refractivity contribution in [1.29, 1.82) is 0 Å². The highest BCUT2D eigenvalue weighted by atomic mass is 16.7. The third-order valence-electron chi connectivity index (χ3n) is 14.2. The Kier molecular flexibility index (Phi) is 25.7. The van der Waals surface area contributed by atoms with Gasteiger partial charge in [-0.25, -0.2) is 0 Å². The minimum Gasteiger partial charge on any atom is -0.547 e. The van der Waals surface area contributed by atoms with Gasteiger partial charge >= 0.3 is 5.97 Å². The zero-order chi connectivity index (χ0) is 56.1.